The third-order valence-corrected chi connectivity index (χ3v) is 4.67. The standard InChI is InChI=1S/C21H21ClN4O2/c1-13-11-18(19(28-3)12-16(13)22)26-21-23-10-9-17(25-21)20(27)24-14(2)15-7-5-4-6-8-15/h4-12,14H,1-3H3,(H,24,27)(H,23,25,26). The lowest BCUT2D eigenvalue weighted by atomic mass is 10.1. The molecule has 3 aromatic rings. The van der Waals surface area contributed by atoms with E-state index in [9.17, 15) is 4.79 Å². The number of anilines is 2. The maximum Gasteiger partial charge on any atom is 0.270 e. The van der Waals surface area contributed by atoms with Crippen LogP contribution in [0.4, 0.5) is 11.6 Å². The molecule has 2 N–H and O–H groups in total. The number of halogens is 1. The normalized spacial score (nSPS) is 11.6. The summed E-state index contributed by atoms with van der Waals surface area (Å²) in [4.78, 5) is 21.1. The molecular weight excluding hydrogens is 376 g/mol. The van der Waals surface area contributed by atoms with Gasteiger partial charge in [0.15, 0.2) is 0 Å². The van der Waals surface area contributed by atoms with Crippen molar-refractivity contribution in [1.82, 2.24) is 15.3 Å². The van der Waals surface area contributed by atoms with Crippen molar-refractivity contribution >= 4 is 29.1 Å². The Morgan fingerprint density at radius 1 is 1.18 bits per heavy atom. The summed E-state index contributed by atoms with van der Waals surface area (Å²) in [5.74, 6) is 0.577. The Balaban J connectivity index is 1.77. The Bertz CT molecular complexity index is 979. The number of hydrogen-bond acceptors (Lipinski definition) is 5. The average molecular weight is 397 g/mol. The van der Waals surface area contributed by atoms with Gasteiger partial charge in [-0.05, 0) is 37.1 Å². The lowest BCUT2D eigenvalue weighted by Crippen LogP contribution is -2.27. The molecule has 0 aliphatic heterocycles. The van der Waals surface area contributed by atoms with Gasteiger partial charge in [0.2, 0.25) is 5.95 Å². The van der Waals surface area contributed by atoms with Crippen LogP contribution in [-0.2, 0) is 0 Å². The first-order chi connectivity index (χ1) is 13.5. The molecule has 0 fully saturated rings. The van der Waals surface area contributed by atoms with E-state index in [1.165, 1.54) is 6.20 Å². The molecule has 1 heterocycles. The quantitative estimate of drug-likeness (QED) is 0.632. The molecule has 0 saturated heterocycles. The van der Waals surface area contributed by atoms with Gasteiger partial charge >= 0.3 is 0 Å². The monoisotopic (exact) mass is 396 g/mol. The van der Waals surface area contributed by atoms with E-state index in [1.54, 1.807) is 19.2 Å². The maximum atomic E-state index is 12.6. The number of benzene rings is 2. The molecule has 2 aromatic carbocycles. The van der Waals surface area contributed by atoms with Crippen LogP contribution in [0.2, 0.25) is 5.02 Å². The molecule has 0 spiro atoms. The Labute approximate surface area is 168 Å². The van der Waals surface area contributed by atoms with Gasteiger partial charge in [-0.15, -0.1) is 0 Å². The molecule has 7 heteroatoms. The van der Waals surface area contributed by atoms with E-state index in [2.05, 4.69) is 20.6 Å². The van der Waals surface area contributed by atoms with Gasteiger partial charge in [0, 0.05) is 17.3 Å². The number of nitrogens with zero attached hydrogens (tertiary/aromatic N) is 2. The van der Waals surface area contributed by atoms with Crippen molar-refractivity contribution in [3.63, 3.8) is 0 Å². The Morgan fingerprint density at radius 2 is 1.93 bits per heavy atom. The SMILES string of the molecule is COc1cc(Cl)c(C)cc1Nc1nccc(C(=O)NC(C)c2ccccc2)n1. The summed E-state index contributed by atoms with van der Waals surface area (Å²) >= 11 is 6.14. The molecule has 0 bridgehead atoms. The van der Waals surface area contributed by atoms with Gasteiger partial charge in [0.25, 0.3) is 5.91 Å². The number of methoxy groups -OCH3 is 1. The second-order valence-electron chi connectivity index (χ2n) is 6.30. The minimum atomic E-state index is -0.277. The van der Waals surface area contributed by atoms with E-state index >= 15 is 0 Å². The summed E-state index contributed by atoms with van der Waals surface area (Å²) in [5.41, 5.74) is 2.84. The van der Waals surface area contributed by atoms with Crippen LogP contribution in [-0.4, -0.2) is 23.0 Å². The summed E-state index contributed by atoms with van der Waals surface area (Å²) in [7, 11) is 1.56. The Kier molecular flexibility index (Phi) is 6.11. The molecule has 1 unspecified atom stereocenters. The number of aryl methyl sites for hydroxylation is 1. The van der Waals surface area contributed by atoms with Crippen LogP contribution >= 0.6 is 11.6 Å². The second kappa shape index (κ2) is 8.71. The maximum absolute atomic E-state index is 12.6. The highest BCUT2D eigenvalue weighted by atomic mass is 35.5. The number of aromatic nitrogens is 2. The molecule has 3 rings (SSSR count). The molecule has 28 heavy (non-hydrogen) atoms. The smallest absolute Gasteiger partial charge is 0.270 e. The molecule has 0 radical (unpaired) electrons. The van der Waals surface area contributed by atoms with E-state index in [0.717, 1.165) is 11.1 Å². The topological polar surface area (TPSA) is 76.1 Å². The summed E-state index contributed by atoms with van der Waals surface area (Å²) in [6.07, 6.45) is 1.53. The number of amides is 1. The largest absolute Gasteiger partial charge is 0.495 e. The third kappa shape index (κ3) is 4.58. The number of carbonyl (C=O) groups is 1. The van der Waals surface area contributed by atoms with Crippen LogP contribution in [0.15, 0.2) is 54.7 Å². The molecule has 1 amide bonds. The zero-order chi connectivity index (χ0) is 20.1. The van der Waals surface area contributed by atoms with Gasteiger partial charge in [-0.3, -0.25) is 4.79 Å². The van der Waals surface area contributed by atoms with Gasteiger partial charge in [-0.2, -0.15) is 0 Å². The summed E-state index contributed by atoms with van der Waals surface area (Å²) in [6.45, 7) is 3.82. The molecule has 1 atom stereocenters. The van der Waals surface area contributed by atoms with Crippen LogP contribution in [0.5, 0.6) is 5.75 Å². The van der Waals surface area contributed by atoms with Crippen molar-refractivity contribution in [2.24, 2.45) is 0 Å². The minimum absolute atomic E-state index is 0.140. The number of nitrogens with one attached hydrogen (secondary N) is 2. The van der Waals surface area contributed by atoms with Gasteiger partial charge in [0.05, 0.1) is 18.8 Å². The fourth-order valence-electron chi connectivity index (χ4n) is 2.69. The molecule has 144 valence electrons. The van der Waals surface area contributed by atoms with E-state index in [1.807, 2.05) is 50.2 Å². The van der Waals surface area contributed by atoms with Crippen molar-refractivity contribution in [3.8, 4) is 5.75 Å². The first-order valence-corrected chi connectivity index (χ1v) is 9.15. The fraction of sp³-hybridized carbons (Fsp3) is 0.190. The van der Waals surface area contributed by atoms with Gasteiger partial charge in [-0.1, -0.05) is 41.9 Å². The van der Waals surface area contributed by atoms with Crippen LogP contribution in [0.1, 0.15) is 34.6 Å². The van der Waals surface area contributed by atoms with Crippen molar-refractivity contribution in [1.29, 1.82) is 0 Å². The lowest BCUT2D eigenvalue weighted by Gasteiger charge is -2.15. The number of carbonyl (C=O) groups excluding carboxylic acids is 1. The predicted octanol–water partition coefficient (Wildman–Crippen LogP) is 4.68. The molecule has 6 nitrogen and oxygen atoms in total. The van der Waals surface area contributed by atoms with Crippen LogP contribution in [0, 0.1) is 6.92 Å². The van der Waals surface area contributed by atoms with Crippen LogP contribution in [0.3, 0.4) is 0 Å². The molecule has 0 aliphatic carbocycles. The lowest BCUT2D eigenvalue weighted by molar-refractivity contribution is 0.0935. The van der Waals surface area contributed by atoms with E-state index in [4.69, 9.17) is 16.3 Å². The van der Waals surface area contributed by atoms with E-state index < -0.39 is 0 Å². The summed E-state index contributed by atoms with van der Waals surface area (Å²) in [5, 5.41) is 6.63. The third-order valence-electron chi connectivity index (χ3n) is 4.26. The van der Waals surface area contributed by atoms with Gasteiger partial charge in [0.1, 0.15) is 11.4 Å². The molecular formula is C21H21ClN4O2. The average Bonchev–Trinajstić information content (AvgIpc) is 2.71. The zero-order valence-electron chi connectivity index (χ0n) is 15.9. The first-order valence-electron chi connectivity index (χ1n) is 8.78. The number of ether oxygens (including phenoxy) is 1. The molecule has 0 saturated carbocycles. The number of hydrogen-bond donors (Lipinski definition) is 2. The van der Waals surface area contributed by atoms with Crippen LogP contribution < -0.4 is 15.4 Å². The highest BCUT2D eigenvalue weighted by molar-refractivity contribution is 6.31. The highest BCUT2D eigenvalue weighted by Gasteiger charge is 2.14. The summed E-state index contributed by atoms with van der Waals surface area (Å²) in [6, 6.07) is 14.7. The van der Waals surface area contributed by atoms with E-state index in [-0.39, 0.29) is 17.6 Å². The second-order valence-corrected chi connectivity index (χ2v) is 6.71. The highest BCUT2D eigenvalue weighted by Crippen LogP contribution is 2.32. The number of rotatable bonds is 6. The van der Waals surface area contributed by atoms with Crippen molar-refractivity contribution in [3.05, 3.63) is 76.6 Å². The van der Waals surface area contributed by atoms with Crippen molar-refractivity contribution in [2.75, 3.05) is 12.4 Å². The summed E-state index contributed by atoms with van der Waals surface area (Å²) < 4.78 is 5.35. The Hall–Kier alpha value is -3.12. The van der Waals surface area contributed by atoms with Crippen molar-refractivity contribution < 1.29 is 9.53 Å². The van der Waals surface area contributed by atoms with Crippen molar-refractivity contribution in [2.45, 2.75) is 19.9 Å². The van der Waals surface area contributed by atoms with Crippen LogP contribution in [0.25, 0.3) is 0 Å². The zero-order valence-corrected chi connectivity index (χ0v) is 16.6. The molecule has 1 aromatic heterocycles. The van der Waals surface area contributed by atoms with Gasteiger partial charge < -0.3 is 15.4 Å². The molecule has 0 aliphatic rings. The predicted molar refractivity (Wildman–Crippen MR) is 110 cm³/mol. The fourth-order valence-corrected chi connectivity index (χ4v) is 2.84. The van der Waals surface area contributed by atoms with E-state index in [0.29, 0.717) is 22.4 Å². The first kappa shape index (κ1) is 19.6. The minimum Gasteiger partial charge on any atom is -0.495 e. The van der Waals surface area contributed by atoms with Gasteiger partial charge in [-0.25, -0.2) is 9.97 Å². The Morgan fingerprint density at radius 3 is 2.64 bits per heavy atom.